The smallest absolute Gasteiger partial charge is 0.0491 e. The average molecular weight is 280 g/mol. The molecule has 0 bridgehead atoms. The van der Waals surface area contributed by atoms with Crippen LogP contribution >= 0.6 is 0 Å². The molecule has 3 saturated heterocycles. The molecule has 0 aliphatic carbocycles. The van der Waals surface area contributed by atoms with Gasteiger partial charge in [-0.25, -0.2) is 0 Å². The molecule has 0 aromatic rings. The van der Waals surface area contributed by atoms with E-state index in [0.29, 0.717) is 0 Å². The number of likely N-dealkylation sites (tertiary alicyclic amines) is 1. The number of hydrogen-bond acceptors (Lipinski definition) is 3. The van der Waals surface area contributed by atoms with Crippen LogP contribution in [0.1, 0.15) is 44.9 Å². The summed E-state index contributed by atoms with van der Waals surface area (Å²) in [5.41, 5.74) is 0. The number of piperidine rings is 3. The number of ether oxygens (including phenoxy) is 1. The molecule has 3 rings (SSSR count). The predicted octanol–water partition coefficient (Wildman–Crippen LogP) is 2.61. The van der Waals surface area contributed by atoms with Gasteiger partial charge in [-0.3, -0.25) is 0 Å². The molecular formula is C17H32N2O. The van der Waals surface area contributed by atoms with Crippen molar-refractivity contribution in [1.82, 2.24) is 9.80 Å². The van der Waals surface area contributed by atoms with Crippen LogP contribution in [0.5, 0.6) is 0 Å². The Hall–Kier alpha value is -0.120. The Morgan fingerprint density at radius 1 is 0.900 bits per heavy atom. The van der Waals surface area contributed by atoms with Crippen LogP contribution < -0.4 is 0 Å². The van der Waals surface area contributed by atoms with E-state index in [0.717, 1.165) is 24.5 Å². The van der Waals surface area contributed by atoms with Crippen molar-refractivity contribution in [3.8, 4) is 0 Å². The van der Waals surface area contributed by atoms with Crippen molar-refractivity contribution in [2.75, 3.05) is 46.4 Å². The number of fused-ring (bicyclic) bond motifs is 1. The third-order valence-electron chi connectivity index (χ3n) is 5.83. The molecular weight excluding hydrogens is 248 g/mol. The molecule has 0 amide bonds. The van der Waals surface area contributed by atoms with Gasteiger partial charge in [-0.05, 0) is 76.5 Å². The Balaban J connectivity index is 1.47. The van der Waals surface area contributed by atoms with Gasteiger partial charge in [0.15, 0.2) is 0 Å². The van der Waals surface area contributed by atoms with Crippen LogP contribution in [0.4, 0.5) is 0 Å². The normalized spacial score (nSPS) is 34.0. The topological polar surface area (TPSA) is 15.7 Å². The van der Waals surface area contributed by atoms with Crippen molar-refractivity contribution in [3.63, 3.8) is 0 Å². The lowest BCUT2D eigenvalue weighted by Gasteiger charge is -2.46. The quantitative estimate of drug-likeness (QED) is 0.787. The van der Waals surface area contributed by atoms with E-state index in [9.17, 15) is 0 Å². The van der Waals surface area contributed by atoms with E-state index < -0.39 is 0 Å². The van der Waals surface area contributed by atoms with E-state index in [1.54, 1.807) is 0 Å². The monoisotopic (exact) mass is 280 g/mol. The lowest BCUT2D eigenvalue weighted by Crippen LogP contribution is -2.51. The van der Waals surface area contributed by atoms with Crippen molar-refractivity contribution in [1.29, 1.82) is 0 Å². The maximum atomic E-state index is 5.31. The molecule has 3 heterocycles. The number of hydrogen-bond donors (Lipinski definition) is 0. The van der Waals surface area contributed by atoms with Gasteiger partial charge in [0.25, 0.3) is 0 Å². The van der Waals surface area contributed by atoms with E-state index >= 15 is 0 Å². The first-order valence-corrected chi connectivity index (χ1v) is 8.82. The summed E-state index contributed by atoms with van der Waals surface area (Å²) >= 11 is 0. The van der Waals surface area contributed by atoms with Crippen LogP contribution in [0.25, 0.3) is 0 Å². The Morgan fingerprint density at radius 2 is 1.70 bits per heavy atom. The number of rotatable bonds is 4. The fourth-order valence-corrected chi connectivity index (χ4v) is 4.69. The molecule has 3 aliphatic heterocycles. The van der Waals surface area contributed by atoms with Crippen LogP contribution in [-0.4, -0.2) is 62.3 Å². The Bertz CT molecular complexity index is 287. The van der Waals surface area contributed by atoms with Gasteiger partial charge in [0.05, 0.1) is 0 Å². The third kappa shape index (κ3) is 3.55. The van der Waals surface area contributed by atoms with Gasteiger partial charge >= 0.3 is 0 Å². The molecule has 116 valence electrons. The molecule has 20 heavy (non-hydrogen) atoms. The van der Waals surface area contributed by atoms with Gasteiger partial charge in [-0.2, -0.15) is 0 Å². The Labute approximate surface area is 124 Å². The summed E-state index contributed by atoms with van der Waals surface area (Å²) in [6.45, 7) is 7.68. The minimum atomic E-state index is 0.814. The zero-order valence-corrected chi connectivity index (χ0v) is 13.2. The second-order valence-electron chi connectivity index (χ2n) is 7.20. The van der Waals surface area contributed by atoms with E-state index in [-0.39, 0.29) is 0 Å². The first-order chi connectivity index (χ1) is 9.86. The summed E-state index contributed by atoms with van der Waals surface area (Å²) in [4.78, 5) is 5.55. The van der Waals surface area contributed by atoms with E-state index in [4.69, 9.17) is 4.74 Å². The lowest BCUT2D eigenvalue weighted by molar-refractivity contribution is 0.0286. The summed E-state index contributed by atoms with van der Waals surface area (Å²) in [6, 6.07) is 0.911. The zero-order valence-electron chi connectivity index (χ0n) is 13.2. The van der Waals surface area contributed by atoms with Crippen molar-refractivity contribution < 1.29 is 4.74 Å². The van der Waals surface area contributed by atoms with E-state index in [1.807, 2.05) is 7.11 Å². The maximum Gasteiger partial charge on any atom is 0.0491 e. The molecule has 0 radical (unpaired) electrons. The van der Waals surface area contributed by atoms with Crippen LogP contribution in [0.15, 0.2) is 0 Å². The highest BCUT2D eigenvalue weighted by molar-refractivity contribution is 4.89. The molecule has 0 spiro atoms. The predicted molar refractivity (Wildman–Crippen MR) is 83.0 cm³/mol. The first-order valence-electron chi connectivity index (χ1n) is 8.82. The summed E-state index contributed by atoms with van der Waals surface area (Å²) in [7, 11) is 1.84. The highest BCUT2D eigenvalue weighted by atomic mass is 16.5. The number of nitrogens with zero attached hydrogens (tertiary/aromatic N) is 2. The highest BCUT2D eigenvalue weighted by Crippen LogP contribution is 2.32. The van der Waals surface area contributed by atoms with Gasteiger partial charge in [-0.15, -0.1) is 0 Å². The van der Waals surface area contributed by atoms with Gasteiger partial charge in [0.2, 0.25) is 0 Å². The van der Waals surface area contributed by atoms with Crippen molar-refractivity contribution in [2.45, 2.75) is 51.0 Å². The second-order valence-corrected chi connectivity index (χ2v) is 7.20. The van der Waals surface area contributed by atoms with Gasteiger partial charge < -0.3 is 14.5 Å². The average Bonchev–Trinajstić information content (AvgIpc) is 2.50. The molecule has 2 atom stereocenters. The molecule has 3 fully saturated rings. The van der Waals surface area contributed by atoms with Crippen LogP contribution in [-0.2, 0) is 4.74 Å². The fourth-order valence-electron chi connectivity index (χ4n) is 4.69. The van der Waals surface area contributed by atoms with Gasteiger partial charge in [0, 0.05) is 26.3 Å². The summed E-state index contributed by atoms with van der Waals surface area (Å²) < 4.78 is 5.31. The molecule has 3 heteroatoms. The SMILES string of the molecule is COCC1CCN(C[C@@H]2CCCN3CCCC[C@H]23)CC1. The minimum Gasteiger partial charge on any atom is -0.384 e. The summed E-state index contributed by atoms with van der Waals surface area (Å²) in [6.07, 6.45) is 9.95. The molecule has 0 unspecified atom stereocenters. The molecule has 3 aliphatic rings. The Morgan fingerprint density at radius 3 is 2.50 bits per heavy atom. The molecule has 3 nitrogen and oxygen atoms in total. The van der Waals surface area contributed by atoms with Crippen LogP contribution in [0.3, 0.4) is 0 Å². The summed E-state index contributed by atoms with van der Waals surface area (Å²) in [5.74, 6) is 1.76. The van der Waals surface area contributed by atoms with Gasteiger partial charge in [0.1, 0.15) is 0 Å². The van der Waals surface area contributed by atoms with Crippen LogP contribution in [0.2, 0.25) is 0 Å². The molecule has 0 saturated carbocycles. The highest BCUT2D eigenvalue weighted by Gasteiger charge is 2.34. The third-order valence-corrected chi connectivity index (χ3v) is 5.83. The lowest BCUT2D eigenvalue weighted by atomic mass is 9.83. The largest absolute Gasteiger partial charge is 0.384 e. The van der Waals surface area contributed by atoms with Crippen molar-refractivity contribution >= 4 is 0 Å². The van der Waals surface area contributed by atoms with E-state index in [2.05, 4.69) is 9.80 Å². The molecule has 0 N–H and O–H groups in total. The van der Waals surface area contributed by atoms with Crippen molar-refractivity contribution in [2.24, 2.45) is 11.8 Å². The van der Waals surface area contributed by atoms with E-state index in [1.165, 1.54) is 77.7 Å². The zero-order chi connectivity index (χ0) is 13.8. The first kappa shape index (κ1) is 14.8. The van der Waals surface area contributed by atoms with Crippen molar-refractivity contribution in [3.05, 3.63) is 0 Å². The fraction of sp³-hybridized carbons (Fsp3) is 1.00. The standard InChI is InChI=1S/C17H32N2O/c1-20-14-15-7-11-18(12-8-15)13-16-5-4-10-19-9-3-2-6-17(16)19/h15-17H,2-14H2,1H3/t16-,17+/m0/s1. The minimum absolute atomic E-state index is 0.814. The summed E-state index contributed by atoms with van der Waals surface area (Å²) in [5, 5.41) is 0. The molecule has 0 aromatic heterocycles. The second kappa shape index (κ2) is 7.24. The van der Waals surface area contributed by atoms with Crippen LogP contribution in [0, 0.1) is 11.8 Å². The van der Waals surface area contributed by atoms with Gasteiger partial charge in [-0.1, -0.05) is 6.42 Å². The molecule has 0 aromatic carbocycles. The maximum absolute atomic E-state index is 5.31. The Kier molecular flexibility index (Phi) is 5.36. The number of methoxy groups -OCH3 is 1.